The first-order chi connectivity index (χ1) is 12.8. The van der Waals surface area contributed by atoms with E-state index in [1.807, 2.05) is 11.8 Å². The Bertz CT molecular complexity index is 569. The number of benzene rings is 2. The minimum absolute atomic E-state index is 0.466. The van der Waals surface area contributed by atoms with Gasteiger partial charge in [-0.2, -0.15) is 11.8 Å². The maximum absolute atomic E-state index is 6.05. The molecule has 1 saturated carbocycles. The molecule has 0 unspecified atom stereocenters. The molecule has 0 saturated heterocycles. The van der Waals surface area contributed by atoms with E-state index in [2.05, 4.69) is 71.8 Å². The van der Waals surface area contributed by atoms with Crippen molar-refractivity contribution in [3.63, 3.8) is 0 Å². The summed E-state index contributed by atoms with van der Waals surface area (Å²) in [6, 6.07) is 22.4. The Morgan fingerprint density at radius 3 is 1.88 bits per heavy atom. The van der Waals surface area contributed by atoms with Crippen molar-refractivity contribution < 1.29 is 4.74 Å². The third kappa shape index (κ3) is 6.15. The second-order valence-electron chi connectivity index (χ2n) is 7.17. The molecule has 2 aromatic rings. The van der Waals surface area contributed by atoms with Crippen LogP contribution in [0.3, 0.4) is 0 Å². The highest BCUT2D eigenvalue weighted by Gasteiger charge is 2.26. The summed E-state index contributed by atoms with van der Waals surface area (Å²) in [6.45, 7) is 2.95. The number of rotatable bonds is 9. The molecule has 2 aromatic carbocycles. The summed E-state index contributed by atoms with van der Waals surface area (Å²) < 4.78 is 6.05. The average molecular weight is 370 g/mol. The van der Waals surface area contributed by atoms with Crippen LogP contribution in [0.15, 0.2) is 60.7 Å². The van der Waals surface area contributed by atoms with Crippen molar-refractivity contribution in [2.24, 2.45) is 0 Å². The third-order valence-corrected chi connectivity index (χ3v) is 5.83. The fourth-order valence-electron chi connectivity index (χ4n) is 3.83. The van der Waals surface area contributed by atoms with Gasteiger partial charge in [0, 0.05) is 24.9 Å². The summed E-state index contributed by atoms with van der Waals surface area (Å²) in [6.07, 6.45) is 7.48. The van der Waals surface area contributed by atoms with E-state index in [0.29, 0.717) is 12.1 Å². The first kappa shape index (κ1) is 19.5. The summed E-state index contributed by atoms with van der Waals surface area (Å²) in [7, 11) is 0. The Hall–Kier alpha value is -1.29. The number of hydrogen-bond donors (Lipinski definition) is 0. The molecule has 0 bridgehead atoms. The van der Waals surface area contributed by atoms with E-state index in [1.165, 1.54) is 36.8 Å². The van der Waals surface area contributed by atoms with Crippen LogP contribution in [0.4, 0.5) is 0 Å². The second kappa shape index (κ2) is 10.8. The quantitative estimate of drug-likeness (QED) is 0.551. The summed E-state index contributed by atoms with van der Waals surface area (Å²) in [5.41, 5.74) is 2.81. The van der Waals surface area contributed by atoms with Gasteiger partial charge >= 0.3 is 0 Å². The Kier molecular flexibility index (Phi) is 8.06. The normalized spacial score (nSPS) is 20.4. The maximum Gasteiger partial charge on any atom is 0.0576 e. The number of thioether (sulfide) groups is 1. The second-order valence-corrected chi connectivity index (χ2v) is 8.16. The standard InChI is InChI=1S/C23H31NOS/c1-26-17-16-25-23-14-12-22(13-15-23)24(18-20-8-4-2-5-9-20)19-21-10-6-3-7-11-21/h2-11,22-23H,12-19H2,1H3. The lowest BCUT2D eigenvalue weighted by atomic mass is 9.91. The molecular weight excluding hydrogens is 338 g/mol. The lowest BCUT2D eigenvalue weighted by molar-refractivity contribution is 0.0117. The Morgan fingerprint density at radius 2 is 1.38 bits per heavy atom. The molecule has 3 heteroatoms. The largest absolute Gasteiger partial charge is 0.377 e. The lowest BCUT2D eigenvalue weighted by Crippen LogP contribution is -2.39. The molecule has 1 aliphatic carbocycles. The van der Waals surface area contributed by atoms with Crippen molar-refractivity contribution in [1.82, 2.24) is 4.90 Å². The number of hydrogen-bond acceptors (Lipinski definition) is 3. The highest BCUT2D eigenvalue weighted by molar-refractivity contribution is 7.98. The van der Waals surface area contributed by atoms with Crippen LogP contribution in [0.5, 0.6) is 0 Å². The molecule has 0 amide bonds. The molecule has 0 aromatic heterocycles. The van der Waals surface area contributed by atoms with Crippen LogP contribution in [-0.4, -0.2) is 35.7 Å². The van der Waals surface area contributed by atoms with E-state index in [9.17, 15) is 0 Å². The molecule has 0 heterocycles. The molecule has 3 rings (SSSR count). The Balaban J connectivity index is 1.60. The monoisotopic (exact) mass is 369 g/mol. The predicted octanol–water partition coefficient (Wildman–Crippen LogP) is 5.38. The lowest BCUT2D eigenvalue weighted by Gasteiger charge is -2.37. The molecule has 0 spiro atoms. The molecule has 1 aliphatic rings. The molecule has 0 N–H and O–H groups in total. The minimum Gasteiger partial charge on any atom is -0.377 e. The molecule has 0 aliphatic heterocycles. The van der Waals surface area contributed by atoms with E-state index in [-0.39, 0.29) is 0 Å². The van der Waals surface area contributed by atoms with Gasteiger partial charge in [0.2, 0.25) is 0 Å². The zero-order chi connectivity index (χ0) is 18.0. The molecule has 140 valence electrons. The van der Waals surface area contributed by atoms with Crippen molar-refractivity contribution in [3.05, 3.63) is 71.8 Å². The van der Waals surface area contributed by atoms with Gasteiger partial charge in [0.1, 0.15) is 0 Å². The molecule has 26 heavy (non-hydrogen) atoms. The number of ether oxygens (including phenoxy) is 1. The fourth-order valence-corrected chi connectivity index (χ4v) is 4.09. The number of nitrogens with zero attached hydrogens (tertiary/aromatic N) is 1. The van der Waals surface area contributed by atoms with Gasteiger partial charge < -0.3 is 4.74 Å². The first-order valence-electron chi connectivity index (χ1n) is 9.77. The van der Waals surface area contributed by atoms with Crippen molar-refractivity contribution in [3.8, 4) is 0 Å². The van der Waals surface area contributed by atoms with E-state index >= 15 is 0 Å². The average Bonchev–Trinajstić information content (AvgIpc) is 2.70. The highest BCUT2D eigenvalue weighted by atomic mass is 32.2. The van der Waals surface area contributed by atoms with Crippen molar-refractivity contribution in [1.29, 1.82) is 0 Å². The highest BCUT2D eigenvalue weighted by Crippen LogP contribution is 2.27. The van der Waals surface area contributed by atoms with Crippen LogP contribution in [0, 0.1) is 0 Å². The third-order valence-electron chi connectivity index (χ3n) is 5.26. The summed E-state index contributed by atoms with van der Waals surface area (Å²) >= 11 is 1.86. The zero-order valence-corrected chi connectivity index (χ0v) is 16.7. The molecule has 2 nitrogen and oxygen atoms in total. The van der Waals surface area contributed by atoms with Gasteiger partial charge in [-0.25, -0.2) is 0 Å². The van der Waals surface area contributed by atoms with Crippen molar-refractivity contribution in [2.75, 3.05) is 18.6 Å². The van der Waals surface area contributed by atoms with E-state index in [0.717, 1.165) is 25.4 Å². The van der Waals surface area contributed by atoms with Gasteiger partial charge in [0.25, 0.3) is 0 Å². The van der Waals surface area contributed by atoms with Crippen LogP contribution >= 0.6 is 11.8 Å². The van der Waals surface area contributed by atoms with E-state index in [4.69, 9.17) is 4.74 Å². The molecule has 0 atom stereocenters. The van der Waals surface area contributed by atoms with Gasteiger partial charge in [0.15, 0.2) is 0 Å². The smallest absolute Gasteiger partial charge is 0.0576 e. The first-order valence-corrected chi connectivity index (χ1v) is 11.2. The van der Waals surface area contributed by atoms with Gasteiger partial charge in [-0.3, -0.25) is 4.90 Å². The van der Waals surface area contributed by atoms with E-state index in [1.54, 1.807) is 0 Å². The van der Waals surface area contributed by atoms with Crippen molar-refractivity contribution >= 4 is 11.8 Å². The van der Waals surface area contributed by atoms with Gasteiger partial charge in [-0.05, 0) is 43.1 Å². The Morgan fingerprint density at radius 1 is 0.846 bits per heavy atom. The summed E-state index contributed by atoms with van der Waals surface area (Å²) in [5, 5.41) is 0. The van der Waals surface area contributed by atoms with Crippen LogP contribution in [0.2, 0.25) is 0 Å². The van der Waals surface area contributed by atoms with Gasteiger partial charge in [0.05, 0.1) is 12.7 Å². The SMILES string of the molecule is CSCCOC1CCC(N(Cc2ccccc2)Cc2ccccc2)CC1. The van der Waals surface area contributed by atoms with Crippen LogP contribution in [0.25, 0.3) is 0 Å². The minimum atomic E-state index is 0.466. The van der Waals surface area contributed by atoms with Crippen LogP contribution < -0.4 is 0 Å². The van der Waals surface area contributed by atoms with E-state index < -0.39 is 0 Å². The van der Waals surface area contributed by atoms with Crippen LogP contribution in [-0.2, 0) is 17.8 Å². The molecule has 0 radical (unpaired) electrons. The maximum atomic E-state index is 6.05. The topological polar surface area (TPSA) is 12.5 Å². The fraction of sp³-hybridized carbons (Fsp3) is 0.478. The molecule has 1 fully saturated rings. The summed E-state index contributed by atoms with van der Waals surface area (Å²) in [5.74, 6) is 1.11. The predicted molar refractivity (Wildman–Crippen MR) is 113 cm³/mol. The van der Waals surface area contributed by atoms with Crippen LogP contribution in [0.1, 0.15) is 36.8 Å². The zero-order valence-electron chi connectivity index (χ0n) is 15.8. The summed E-state index contributed by atoms with van der Waals surface area (Å²) in [4.78, 5) is 2.67. The Labute approximate surface area is 162 Å². The van der Waals surface area contributed by atoms with Gasteiger partial charge in [-0.1, -0.05) is 60.7 Å². The molecular formula is C23H31NOS. The van der Waals surface area contributed by atoms with Gasteiger partial charge in [-0.15, -0.1) is 0 Å². The van der Waals surface area contributed by atoms with Crippen molar-refractivity contribution in [2.45, 2.75) is 50.9 Å².